The van der Waals surface area contributed by atoms with Crippen LogP contribution in [0.5, 0.6) is 0 Å². The van der Waals surface area contributed by atoms with Crippen molar-refractivity contribution >= 4 is 28.7 Å². The number of H-pyrrole nitrogens is 1. The topological polar surface area (TPSA) is 82.7 Å². The Kier molecular flexibility index (Phi) is 4.83. The predicted octanol–water partition coefficient (Wildman–Crippen LogP) is 1.18. The molecule has 0 unspecified atom stereocenters. The van der Waals surface area contributed by atoms with Crippen molar-refractivity contribution in [3.8, 4) is 0 Å². The third-order valence-corrected chi connectivity index (χ3v) is 4.20. The van der Waals surface area contributed by atoms with E-state index in [1.165, 1.54) is 13.2 Å². The Hall–Kier alpha value is -3.09. The van der Waals surface area contributed by atoms with Gasteiger partial charge < -0.3 is 19.5 Å². The van der Waals surface area contributed by atoms with Gasteiger partial charge in [0.25, 0.3) is 5.91 Å². The summed E-state index contributed by atoms with van der Waals surface area (Å²) in [5.41, 5.74) is 1.47. The van der Waals surface area contributed by atoms with Crippen LogP contribution in [0.3, 0.4) is 0 Å². The third kappa shape index (κ3) is 3.71. The second kappa shape index (κ2) is 7.21. The van der Waals surface area contributed by atoms with E-state index in [2.05, 4.69) is 9.72 Å². The smallest absolute Gasteiger partial charge is 0.330 e. The van der Waals surface area contributed by atoms with Gasteiger partial charge >= 0.3 is 5.97 Å². The van der Waals surface area contributed by atoms with Gasteiger partial charge in [0.2, 0.25) is 5.91 Å². The number of nitrogens with one attached hydrogen (secondary N) is 1. The molecule has 130 valence electrons. The molecule has 25 heavy (non-hydrogen) atoms. The van der Waals surface area contributed by atoms with E-state index >= 15 is 0 Å². The van der Waals surface area contributed by atoms with Crippen LogP contribution in [-0.4, -0.2) is 65.9 Å². The summed E-state index contributed by atoms with van der Waals surface area (Å²) in [6.07, 6.45) is 2.30. The molecule has 2 heterocycles. The van der Waals surface area contributed by atoms with E-state index in [-0.39, 0.29) is 11.8 Å². The Morgan fingerprint density at radius 3 is 2.40 bits per heavy atom. The Bertz CT molecular complexity index is 799. The highest BCUT2D eigenvalue weighted by molar-refractivity contribution is 5.98. The summed E-state index contributed by atoms with van der Waals surface area (Å²) in [6, 6.07) is 9.56. The lowest BCUT2D eigenvalue weighted by molar-refractivity contribution is -0.135. The van der Waals surface area contributed by atoms with Crippen molar-refractivity contribution in [1.82, 2.24) is 14.8 Å². The number of rotatable bonds is 3. The van der Waals surface area contributed by atoms with Gasteiger partial charge in [0, 0.05) is 49.2 Å². The minimum Gasteiger partial charge on any atom is -0.466 e. The number of fused-ring (bicyclic) bond motifs is 1. The highest BCUT2D eigenvalue weighted by Gasteiger charge is 2.24. The molecule has 1 aliphatic heterocycles. The lowest BCUT2D eigenvalue weighted by Crippen LogP contribution is -2.50. The summed E-state index contributed by atoms with van der Waals surface area (Å²) < 4.78 is 4.46. The van der Waals surface area contributed by atoms with Crippen LogP contribution in [-0.2, 0) is 14.3 Å². The Labute approximate surface area is 144 Å². The lowest BCUT2D eigenvalue weighted by atomic mass is 10.2. The normalized spacial score (nSPS) is 14.9. The number of amides is 2. The molecule has 1 N–H and O–H groups in total. The van der Waals surface area contributed by atoms with Crippen LogP contribution in [0.4, 0.5) is 0 Å². The van der Waals surface area contributed by atoms with Crippen molar-refractivity contribution in [2.24, 2.45) is 0 Å². The Morgan fingerprint density at radius 2 is 1.72 bits per heavy atom. The molecule has 2 aromatic rings. The van der Waals surface area contributed by atoms with Crippen LogP contribution < -0.4 is 0 Å². The monoisotopic (exact) mass is 341 g/mol. The molecule has 1 aromatic carbocycles. The Balaban J connectivity index is 1.60. The maximum absolute atomic E-state index is 12.6. The molecule has 1 aromatic heterocycles. The molecule has 7 heteroatoms. The standard InChI is InChI=1S/C18H19N3O4/c1-25-17(23)7-6-16(22)20-8-10-21(11-9-20)18(24)15-12-13-4-2-3-5-14(13)19-15/h2-7,12,19H,8-11H2,1H3/b7-6+. The van der Waals surface area contributed by atoms with E-state index < -0.39 is 5.97 Å². The molecule has 0 spiro atoms. The average molecular weight is 341 g/mol. The summed E-state index contributed by atoms with van der Waals surface area (Å²) in [6.45, 7) is 1.75. The van der Waals surface area contributed by atoms with Gasteiger partial charge in [0.1, 0.15) is 5.69 Å². The Morgan fingerprint density at radius 1 is 1.04 bits per heavy atom. The van der Waals surface area contributed by atoms with Gasteiger partial charge in [-0.05, 0) is 12.1 Å². The molecule has 0 radical (unpaired) electrons. The molecular formula is C18H19N3O4. The summed E-state index contributed by atoms with van der Waals surface area (Å²) in [5.74, 6) is -0.905. The highest BCUT2D eigenvalue weighted by Crippen LogP contribution is 2.17. The van der Waals surface area contributed by atoms with Crippen LogP contribution in [0.15, 0.2) is 42.5 Å². The number of carbonyl (C=O) groups is 3. The summed E-state index contributed by atoms with van der Waals surface area (Å²) >= 11 is 0. The quantitative estimate of drug-likeness (QED) is 0.671. The predicted molar refractivity (Wildman–Crippen MR) is 91.9 cm³/mol. The third-order valence-electron chi connectivity index (χ3n) is 4.20. The van der Waals surface area contributed by atoms with Gasteiger partial charge in [-0.2, -0.15) is 0 Å². The van der Waals surface area contributed by atoms with Crippen molar-refractivity contribution in [2.45, 2.75) is 0 Å². The largest absolute Gasteiger partial charge is 0.466 e. The molecular weight excluding hydrogens is 322 g/mol. The first-order valence-corrected chi connectivity index (χ1v) is 8.00. The van der Waals surface area contributed by atoms with Crippen LogP contribution in [0.1, 0.15) is 10.5 Å². The van der Waals surface area contributed by atoms with Crippen molar-refractivity contribution in [2.75, 3.05) is 33.3 Å². The van der Waals surface area contributed by atoms with Crippen LogP contribution in [0.25, 0.3) is 10.9 Å². The van der Waals surface area contributed by atoms with Gasteiger partial charge in [-0.25, -0.2) is 4.79 Å². The summed E-state index contributed by atoms with van der Waals surface area (Å²) in [4.78, 5) is 42.1. The van der Waals surface area contributed by atoms with E-state index in [1.54, 1.807) is 9.80 Å². The highest BCUT2D eigenvalue weighted by atomic mass is 16.5. The second-order valence-electron chi connectivity index (χ2n) is 5.74. The molecule has 1 fully saturated rings. The number of hydrogen-bond donors (Lipinski definition) is 1. The van der Waals surface area contributed by atoms with E-state index in [0.717, 1.165) is 17.0 Å². The summed E-state index contributed by atoms with van der Waals surface area (Å²) in [7, 11) is 1.26. The zero-order chi connectivity index (χ0) is 17.8. The van der Waals surface area contributed by atoms with E-state index in [0.29, 0.717) is 31.9 Å². The fourth-order valence-electron chi connectivity index (χ4n) is 2.80. The molecule has 1 saturated heterocycles. The number of nitrogens with zero attached hydrogens (tertiary/aromatic N) is 2. The fourth-order valence-corrected chi connectivity index (χ4v) is 2.80. The van der Waals surface area contributed by atoms with Crippen LogP contribution >= 0.6 is 0 Å². The number of carbonyl (C=O) groups excluding carboxylic acids is 3. The van der Waals surface area contributed by atoms with Gasteiger partial charge in [-0.1, -0.05) is 18.2 Å². The average Bonchev–Trinajstić information content (AvgIpc) is 3.09. The zero-order valence-electron chi connectivity index (χ0n) is 13.9. The first-order valence-electron chi connectivity index (χ1n) is 8.00. The maximum atomic E-state index is 12.6. The lowest BCUT2D eigenvalue weighted by Gasteiger charge is -2.34. The first kappa shape index (κ1) is 16.8. The number of para-hydroxylation sites is 1. The number of hydrogen-bond acceptors (Lipinski definition) is 4. The van der Waals surface area contributed by atoms with Crippen LogP contribution in [0.2, 0.25) is 0 Å². The number of benzene rings is 1. The minimum atomic E-state index is -0.569. The second-order valence-corrected chi connectivity index (χ2v) is 5.74. The number of aromatic nitrogens is 1. The molecule has 0 saturated carbocycles. The molecule has 0 bridgehead atoms. The van der Waals surface area contributed by atoms with Gasteiger partial charge in [-0.3, -0.25) is 9.59 Å². The molecule has 3 rings (SSSR count). The molecule has 0 atom stereocenters. The number of piperazine rings is 1. The number of methoxy groups -OCH3 is 1. The molecule has 0 aliphatic carbocycles. The van der Waals surface area contributed by atoms with Crippen LogP contribution in [0, 0.1) is 0 Å². The minimum absolute atomic E-state index is 0.0756. The van der Waals surface area contributed by atoms with Crippen molar-refractivity contribution < 1.29 is 19.1 Å². The van der Waals surface area contributed by atoms with Crippen molar-refractivity contribution in [1.29, 1.82) is 0 Å². The maximum Gasteiger partial charge on any atom is 0.330 e. The first-order chi connectivity index (χ1) is 12.1. The van der Waals surface area contributed by atoms with Gasteiger partial charge in [0.15, 0.2) is 0 Å². The van der Waals surface area contributed by atoms with Crippen molar-refractivity contribution in [3.63, 3.8) is 0 Å². The number of ether oxygens (including phenoxy) is 1. The molecule has 7 nitrogen and oxygen atoms in total. The number of aromatic amines is 1. The summed E-state index contributed by atoms with van der Waals surface area (Å²) in [5, 5.41) is 0.993. The van der Waals surface area contributed by atoms with E-state index in [1.807, 2.05) is 30.3 Å². The van der Waals surface area contributed by atoms with Gasteiger partial charge in [-0.15, -0.1) is 0 Å². The van der Waals surface area contributed by atoms with E-state index in [4.69, 9.17) is 0 Å². The SMILES string of the molecule is COC(=O)/C=C/C(=O)N1CCN(C(=O)c2cc3ccccc3[nH]2)CC1. The van der Waals surface area contributed by atoms with Gasteiger partial charge in [0.05, 0.1) is 7.11 Å². The molecule has 1 aliphatic rings. The number of esters is 1. The fraction of sp³-hybridized carbons (Fsp3) is 0.278. The van der Waals surface area contributed by atoms with E-state index in [9.17, 15) is 14.4 Å². The van der Waals surface area contributed by atoms with Crippen molar-refractivity contribution in [3.05, 3.63) is 48.2 Å². The zero-order valence-corrected chi connectivity index (χ0v) is 13.9. The molecule has 2 amide bonds.